The Labute approximate surface area is 233 Å². The number of anilines is 1. The van der Waals surface area contributed by atoms with Crippen molar-refractivity contribution in [1.29, 1.82) is 0 Å². The monoisotopic (exact) mass is 542 g/mol. The topological polar surface area (TPSA) is 90.7 Å². The van der Waals surface area contributed by atoms with Crippen molar-refractivity contribution in [2.24, 2.45) is 5.41 Å². The van der Waals surface area contributed by atoms with Crippen LogP contribution < -0.4 is 15.0 Å². The number of piperidine rings is 2. The minimum absolute atomic E-state index is 0.0545. The average Bonchev–Trinajstić information content (AvgIpc) is 3.40. The first kappa shape index (κ1) is 25.5. The van der Waals surface area contributed by atoms with E-state index in [1.807, 2.05) is 35.2 Å². The zero-order chi connectivity index (χ0) is 27.3. The van der Waals surface area contributed by atoms with Gasteiger partial charge < -0.3 is 25.2 Å². The third kappa shape index (κ3) is 4.43. The van der Waals surface area contributed by atoms with Crippen LogP contribution in [0.4, 0.5) is 10.2 Å². The van der Waals surface area contributed by atoms with Crippen LogP contribution in [0, 0.1) is 11.2 Å². The van der Waals surface area contributed by atoms with E-state index in [1.165, 1.54) is 6.42 Å². The van der Waals surface area contributed by atoms with Crippen LogP contribution in [-0.2, 0) is 0 Å². The molecule has 0 spiro atoms. The number of phenols is 1. The molecule has 3 N–H and O–H groups in total. The highest BCUT2D eigenvalue weighted by molar-refractivity contribution is 6.01. The first-order chi connectivity index (χ1) is 19.5. The van der Waals surface area contributed by atoms with E-state index in [0.29, 0.717) is 41.5 Å². The lowest BCUT2D eigenvalue weighted by atomic mass is 9.76. The Morgan fingerprint density at radius 1 is 1.00 bits per heavy atom. The number of hydrogen-bond acceptors (Lipinski definition) is 7. The summed E-state index contributed by atoms with van der Waals surface area (Å²) in [6.07, 6.45) is 6.75. The molecule has 2 aliphatic heterocycles. The smallest absolute Gasteiger partial charge is 0.319 e. The molecule has 40 heavy (non-hydrogen) atoms. The molecular formula is C32H35FN4O3. The maximum atomic E-state index is 16.5. The number of hydrogen-bond donors (Lipinski definition) is 3. The van der Waals surface area contributed by atoms with E-state index in [4.69, 9.17) is 9.72 Å². The maximum absolute atomic E-state index is 16.5. The van der Waals surface area contributed by atoms with E-state index in [9.17, 15) is 10.2 Å². The first-order valence-electron chi connectivity index (χ1n) is 14.5. The van der Waals surface area contributed by atoms with Crippen LogP contribution in [0.1, 0.15) is 44.9 Å². The second-order valence-electron chi connectivity index (χ2n) is 11.8. The van der Waals surface area contributed by atoms with Gasteiger partial charge in [-0.05, 0) is 79.6 Å². The number of benzene rings is 3. The van der Waals surface area contributed by atoms with Gasteiger partial charge in [0.25, 0.3) is 0 Å². The SMILES string of the molecule is Oc1cc(-c2ccc3c(N4CCCC(O)C4)nc(OCC45CCCNC4CCC5)nc3c2F)c2ccccc2c1. The summed E-state index contributed by atoms with van der Waals surface area (Å²) in [7, 11) is 0. The van der Waals surface area contributed by atoms with Gasteiger partial charge in [-0.2, -0.15) is 9.97 Å². The molecule has 1 saturated carbocycles. The lowest BCUT2D eigenvalue weighted by Crippen LogP contribution is -2.49. The quantitative estimate of drug-likeness (QED) is 0.304. The van der Waals surface area contributed by atoms with Gasteiger partial charge in [-0.1, -0.05) is 36.8 Å². The average molecular weight is 543 g/mol. The van der Waals surface area contributed by atoms with Gasteiger partial charge in [0.15, 0.2) is 5.82 Å². The highest BCUT2D eigenvalue weighted by Gasteiger charge is 2.45. The largest absolute Gasteiger partial charge is 0.508 e. The molecule has 7 nitrogen and oxygen atoms in total. The molecule has 2 saturated heterocycles. The van der Waals surface area contributed by atoms with Crippen molar-refractivity contribution in [1.82, 2.24) is 15.3 Å². The van der Waals surface area contributed by atoms with Crippen molar-refractivity contribution in [3.05, 3.63) is 54.3 Å². The van der Waals surface area contributed by atoms with Gasteiger partial charge in [0.1, 0.15) is 17.1 Å². The second-order valence-corrected chi connectivity index (χ2v) is 11.8. The number of phenolic OH excluding ortho intramolecular Hbond substituents is 1. The summed E-state index contributed by atoms with van der Waals surface area (Å²) in [5.41, 5.74) is 1.21. The number of rotatable bonds is 5. The van der Waals surface area contributed by atoms with Crippen molar-refractivity contribution in [2.75, 3.05) is 31.1 Å². The molecule has 3 aromatic carbocycles. The van der Waals surface area contributed by atoms with Gasteiger partial charge in [-0.3, -0.25) is 0 Å². The van der Waals surface area contributed by atoms with Crippen molar-refractivity contribution in [3.8, 4) is 22.9 Å². The molecular weight excluding hydrogens is 507 g/mol. The summed E-state index contributed by atoms with van der Waals surface area (Å²) in [4.78, 5) is 11.5. The van der Waals surface area contributed by atoms with Crippen LogP contribution in [0.3, 0.4) is 0 Å². The Kier molecular flexibility index (Phi) is 6.47. The van der Waals surface area contributed by atoms with Crippen LogP contribution in [0.5, 0.6) is 11.8 Å². The lowest BCUT2D eigenvalue weighted by molar-refractivity contribution is 0.0798. The van der Waals surface area contributed by atoms with E-state index in [-0.39, 0.29) is 22.7 Å². The number of aliphatic hydroxyl groups is 1. The van der Waals surface area contributed by atoms with Crippen molar-refractivity contribution >= 4 is 27.5 Å². The predicted octanol–water partition coefficient (Wildman–Crippen LogP) is 5.56. The number of β-amino-alcohol motifs (C(OH)–C–C–N with tert-alkyl or cyclic N) is 1. The molecule has 3 aliphatic rings. The maximum Gasteiger partial charge on any atom is 0.319 e. The third-order valence-electron chi connectivity index (χ3n) is 9.24. The van der Waals surface area contributed by atoms with E-state index in [1.54, 1.807) is 18.2 Å². The Morgan fingerprint density at radius 3 is 2.77 bits per heavy atom. The van der Waals surface area contributed by atoms with Crippen LogP contribution in [0.25, 0.3) is 32.8 Å². The molecule has 0 radical (unpaired) electrons. The Morgan fingerprint density at radius 2 is 1.88 bits per heavy atom. The van der Waals surface area contributed by atoms with Gasteiger partial charge in [0, 0.05) is 35.5 Å². The molecule has 3 unspecified atom stereocenters. The number of fused-ring (bicyclic) bond motifs is 3. The summed E-state index contributed by atoms with van der Waals surface area (Å²) >= 11 is 0. The van der Waals surface area contributed by atoms with Gasteiger partial charge in [0.2, 0.25) is 0 Å². The standard InChI is InChI=1S/C32H35FN4O3/c33-28-24(26-17-22(39)16-20-6-1-2-8-23(20)26)10-11-25-29(28)35-31(36-30(25)37-15-4-7-21(38)18-37)40-19-32-12-3-9-27(32)34-14-5-13-32/h1-2,6,8,10-11,16-17,21,27,34,38-39H,3-5,7,9,12-15,18-19H2. The van der Waals surface area contributed by atoms with Crippen molar-refractivity contribution in [3.63, 3.8) is 0 Å². The van der Waals surface area contributed by atoms with Crippen molar-refractivity contribution < 1.29 is 19.3 Å². The normalized spacial score (nSPS) is 24.9. The first-order valence-corrected chi connectivity index (χ1v) is 14.5. The Balaban J connectivity index is 1.34. The predicted molar refractivity (Wildman–Crippen MR) is 154 cm³/mol. The summed E-state index contributed by atoms with van der Waals surface area (Å²) in [5, 5.41) is 26.8. The van der Waals surface area contributed by atoms with Gasteiger partial charge in [-0.25, -0.2) is 4.39 Å². The number of aromatic hydroxyl groups is 1. The molecule has 208 valence electrons. The number of halogens is 1. The summed E-state index contributed by atoms with van der Waals surface area (Å²) in [6, 6.07) is 15.1. The number of ether oxygens (including phenoxy) is 1. The van der Waals surface area contributed by atoms with Crippen LogP contribution in [0.2, 0.25) is 0 Å². The molecule has 7 rings (SSSR count). The molecule has 1 aromatic heterocycles. The van der Waals surface area contributed by atoms with Crippen LogP contribution in [-0.4, -0.2) is 58.6 Å². The molecule has 8 heteroatoms. The van der Waals surface area contributed by atoms with Gasteiger partial charge in [0.05, 0.1) is 12.7 Å². The summed E-state index contributed by atoms with van der Waals surface area (Å²) < 4.78 is 22.9. The number of aromatic nitrogens is 2. The fourth-order valence-corrected chi connectivity index (χ4v) is 7.23. The van der Waals surface area contributed by atoms with E-state index in [0.717, 1.165) is 62.4 Å². The molecule has 3 heterocycles. The van der Waals surface area contributed by atoms with E-state index < -0.39 is 11.9 Å². The molecule has 0 amide bonds. The number of nitrogens with zero attached hydrogens (tertiary/aromatic N) is 3. The highest BCUT2D eigenvalue weighted by atomic mass is 19.1. The lowest BCUT2D eigenvalue weighted by Gasteiger charge is -2.39. The molecule has 4 aromatic rings. The summed E-state index contributed by atoms with van der Waals surface area (Å²) in [6.45, 7) is 2.69. The number of nitrogens with one attached hydrogen (secondary N) is 1. The van der Waals surface area contributed by atoms with E-state index in [2.05, 4.69) is 10.3 Å². The fourth-order valence-electron chi connectivity index (χ4n) is 7.23. The zero-order valence-electron chi connectivity index (χ0n) is 22.6. The van der Waals surface area contributed by atoms with Crippen LogP contribution in [0.15, 0.2) is 48.5 Å². The highest BCUT2D eigenvalue weighted by Crippen LogP contribution is 2.45. The van der Waals surface area contributed by atoms with Crippen molar-refractivity contribution in [2.45, 2.75) is 57.1 Å². The Hall–Kier alpha value is -3.49. The Bertz CT molecular complexity index is 1580. The molecule has 3 fully saturated rings. The summed E-state index contributed by atoms with van der Waals surface area (Å²) in [5.74, 6) is 0.192. The molecule has 1 aliphatic carbocycles. The van der Waals surface area contributed by atoms with Crippen LogP contribution >= 0.6 is 0 Å². The molecule has 0 bridgehead atoms. The minimum Gasteiger partial charge on any atom is -0.508 e. The minimum atomic E-state index is -0.476. The zero-order valence-corrected chi connectivity index (χ0v) is 22.6. The fraction of sp³-hybridized carbons (Fsp3) is 0.438. The van der Waals surface area contributed by atoms with Gasteiger partial charge >= 0.3 is 6.01 Å². The third-order valence-corrected chi connectivity index (χ3v) is 9.24. The van der Waals surface area contributed by atoms with E-state index >= 15 is 4.39 Å². The molecule has 3 atom stereocenters. The second kappa shape index (κ2) is 10.2. The number of aliphatic hydroxyl groups excluding tert-OH is 1. The van der Waals surface area contributed by atoms with Gasteiger partial charge in [-0.15, -0.1) is 0 Å².